The van der Waals surface area contributed by atoms with Gasteiger partial charge in [0.15, 0.2) is 0 Å². The zero-order valence-electron chi connectivity index (χ0n) is 10.7. The largest absolute Gasteiger partial charge is 0.390 e. The van der Waals surface area contributed by atoms with Crippen molar-refractivity contribution in [3.8, 4) is 0 Å². The number of aromatic nitrogens is 2. The Kier molecular flexibility index (Phi) is 3.84. The summed E-state index contributed by atoms with van der Waals surface area (Å²) >= 11 is 0. The van der Waals surface area contributed by atoms with Gasteiger partial charge in [0.25, 0.3) is 0 Å². The Morgan fingerprint density at radius 1 is 1.65 bits per heavy atom. The van der Waals surface area contributed by atoms with E-state index in [1.165, 1.54) is 0 Å². The van der Waals surface area contributed by atoms with E-state index in [0.717, 1.165) is 37.9 Å². The van der Waals surface area contributed by atoms with E-state index in [1.807, 2.05) is 17.8 Å². The van der Waals surface area contributed by atoms with Gasteiger partial charge >= 0.3 is 0 Å². The van der Waals surface area contributed by atoms with Crippen LogP contribution in [0.3, 0.4) is 0 Å². The summed E-state index contributed by atoms with van der Waals surface area (Å²) in [7, 11) is 1.99. The number of imidazole rings is 1. The summed E-state index contributed by atoms with van der Waals surface area (Å²) in [6.45, 7) is 2.78. The van der Waals surface area contributed by atoms with Gasteiger partial charge < -0.3 is 14.4 Å². The van der Waals surface area contributed by atoms with Gasteiger partial charge in [-0.2, -0.15) is 0 Å². The van der Waals surface area contributed by atoms with Crippen molar-refractivity contribution >= 4 is 0 Å². The van der Waals surface area contributed by atoms with E-state index >= 15 is 0 Å². The van der Waals surface area contributed by atoms with Crippen LogP contribution in [0.1, 0.15) is 38.4 Å². The van der Waals surface area contributed by atoms with E-state index in [4.69, 9.17) is 4.74 Å². The molecule has 1 aromatic heterocycles. The van der Waals surface area contributed by atoms with Gasteiger partial charge in [-0.3, -0.25) is 0 Å². The number of hydrogen-bond donors (Lipinski definition) is 1. The Morgan fingerprint density at radius 3 is 3.12 bits per heavy atom. The lowest BCUT2D eigenvalue weighted by Crippen LogP contribution is -2.41. The summed E-state index contributed by atoms with van der Waals surface area (Å²) in [5, 5.41) is 10.5. The molecule has 1 aliphatic heterocycles. The van der Waals surface area contributed by atoms with Crippen LogP contribution in [0.4, 0.5) is 0 Å². The molecular formula is C13H22N2O2. The molecule has 2 heterocycles. The zero-order chi connectivity index (χ0) is 12.3. The summed E-state index contributed by atoms with van der Waals surface area (Å²) < 4.78 is 7.62. The second-order valence-corrected chi connectivity index (χ2v) is 5.03. The summed E-state index contributed by atoms with van der Waals surface area (Å²) in [6, 6.07) is 0. The maximum absolute atomic E-state index is 10.5. The average Bonchev–Trinajstić information content (AvgIpc) is 2.72. The lowest BCUT2D eigenvalue weighted by atomic mass is 9.85. The number of nitrogens with zero attached hydrogens (tertiary/aromatic N) is 2. The van der Waals surface area contributed by atoms with Gasteiger partial charge in [-0.1, -0.05) is 6.92 Å². The summed E-state index contributed by atoms with van der Waals surface area (Å²) in [5.41, 5.74) is -0.565. The highest BCUT2D eigenvalue weighted by atomic mass is 16.5. The molecule has 1 saturated heterocycles. The Labute approximate surface area is 103 Å². The highest BCUT2D eigenvalue weighted by Gasteiger charge is 2.34. The molecule has 17 heavy (non-hydrogen) atoms. The first-order chi connectivity index (χ1) is 8.13. The van der Waals surface area contributed by atoms with Crippen molar-refractivity contribution in [3.63, 3.8) is 0 Å². The van der Waals surface area contributed by atoms with Crippen LogP contribution in [-0.4, -0.2) is 33.0 Å². The van der Waals surface area contributed by atoms with Crippen molar-refractivity contribution in [2.24, 2.45) is 7.05 Å². The van der Waals surface area contributed by atoms with E-state index in [2.05, 4.69) is 11.9 Å². The van der Waals surface area contributed by atoms with Crippen LogP contribution in [0, 0.1) is 0 Å². The smallest absolute Gasteiger partial charge is 0.108 e. The van der Waals surface area contributed by atoms with Crippen molar-refractivity contribution in [2.45, 2.75) is 50.7 Å². The van der Waals surface area contributed by atoms with Crippen LogP contribution in [0.25, 0.3) is 0 Å². The molecule has 0 aliphatic carbocycles. The molecule has 2 unspecified atom stereocenters. The fourth-order valence-electron chi connectivity index (χ4n) is 2.47. The van der Waals surface area contributed by atoms with Crippen molar-refractivity contribution in [1.29, 1.82) is 0 Å². The van der Waals surface area contributed by atoms with Gasteiger partial charge in [0.1, 0.15) is 5.82 Å². The van der Waals surface area contributed by atoms with Crippen LogP contribution < -0.4 is 0 Å². The Morgan fingerprint density at radius 2 is 2.47 bits per heavy atom. The van der Waals surface area contributed by atoms with Crippen molar-refractivity contribution < 1.29 is 9.84 Å². The van der Waals surface area contributed by atoms with E-state index in [0.29, 0.717) is 6.61 Å². The Bertz CT molecular complexity index is 364. The predicted molar refractivity (Wildman–Crippen MR) is 65.7 cm³/mol. The van der Waals surface area contributed by atoms with E-state index in [9.17, 15) is 5.11 Å². The maximum atomic E-state index is 10.5. The van der Waals surface area contributed by atoms with Crippen LogP contribution >= 0.6 is 0 Å². The average molecular weight is 238 g/mol. The topological polar surface area (TPSA) is 47.3 Å². The molecule has 1 aliphatic rings. The molecule has 1 N–H and O–H groups in total. The first kappa shape index (κ1) is 12.6. The molecule has 96 valence electrons. The molecule has 1 fully saturated rings. The SMILES string of the molecule is CCC1CC(O)(CCc2nccn2C)CCO1. The first-order valence-electron chi connectivity index (χ1n) is 6.43. The van der Waals surface area contributed by atoms with Crippen LogP contribution in [0.15, 0.2) is 12.4 Å². The van der Waals surface area contributed by atoms with E-state index < -0.39 is 5.60 Å². The molecular weight excluding hydrogens is 216 g/mol. The fraction of sp³-hybridized carbons (Fsp3) is 0.769. The molecule has 0 amide bonds. The van der Waals surface area contributed by atoms with E-state index in [-0.39, 0.29) is 6.10 Å². The highest BCUT2D eigenvalue weighted by molar-refractivity contribution is 4.95. The summed E-state index contributed by atoms with van der Waals surface area (Å²) in [5.74, 6) is 1.04. The van der Waals surface area contributed by atoms with Crippen molar-refractivity contribution in [3.05, 3.63) is 18.2 Å². The van der Waals surface area contributed by atoms with Gasteiger partial charge in [-0.25, -0.2) is 4.98 Å². The van der Waals surface area contributed by atoms with Gasteiger partial charge in [0.05, 0.1) is 11.7 Å². The van der Waals surface area contributed by atoms with E-state index in [1.54, 1.807) is 6.20 Å². The van der Waals surface area contributed by atoms with Crippen LogP contribution in [0.2, 0.25) is 0 Å². The molecule has 0 radical (unpaired) electrons. The van der Waals surface area contributed by atoms with Gasteiger partial charge in [0.2, 0.25) is 0 Å². The van der Waals surface area contributed by atoms with Gasteiger partial charge in [-0.05, 0) is 19.3 Å². The first-order valence-corrected chi connectivity index (χ1v) is 6.43. The minimum Gasteiger partial charge on any atom is -0.390 e. The number of aliphatic hydroxyl groups is 1. The number of rotatable bonds is 4. The van der Waals surface area contributed by atoms with Crippen molar-refractivity contribution in [2.75, 3.05) is 6.61 Å². The minimum atomic E-state index is -0.565. The molecule has 0 aromatic carbocycles. The number of hydrogen-bond acceptors (Lipinski definition) is 3. The predicted octanol–water partition coefficient (Wildman–Crippen LogP) is 1.67. The summed E-state index contributed by atoms with van der Waals surface area (Å²) in [6.07, 6.45) is 8.05. The third-order valence-corrected chi connectivity index (χ3v) is 3.72. The highest BCUT2D eigenvalue weighted by Crippen LogP contribution is 2.30. The van der Waals surface area contributed by atoms with Crippen LogP contribution in [0.5, 0.6) is 0 Å². The second kappa shape index (κ2) is 5.19. The quantitative estimate of drug-likeness (QED) is 0.868. The molecule has 4 heteroatoms. The van der Waals surface area contributed by atoms with Crippen molar-refractivity contribution in [1.82, 2.24) is 9.55 Å². The lowest BCUT2D eigenvalue weighted by molar-refractivity contribution is -0.107. The Hall–Kier alpha value is -0.870. The molecule has 0 bridgehead atoms. The molecule has 2 rings (SSSR count). The third-order valence-electron chi connectivity index (χ3n) is 3.72. The standard InChI is InChI=1S/C13H22N2O2/c1-3-11-10-13(16,6-9-17-11)5-4-12-14-7-8-15(12)2/h7-8,11,16H,3-6,9-10H2,1-2H3. The molecule has 4 nitrogen and oxygen atoms in total. The minimum absolute atomic E-state index is 0.218. The molecule has 2 atom stereocenters. The summed E-state index contributed by atoms with van der Waals surface area (Å²) in [4.78, 5) is 4.29. The molecule has 0 saturated carbocycles. The maximum Gasteiger partial charge on any atom is 0.108 e. The molecule has 1 aromatic rings. The normalized spacial score (nSPS) is 29.5. The monoisotopic (exact) mass is 238 g/mol. The lowest BCUT2D eigenvalue weighted by Gasteiger charge is -2.36. The fourth-order valence-corrected chi connectivity index (χ4v) is 2.47. The Balaban J connectivity index is 1.91. The number of ether oxygens (including phenoxy) is 1. The van der Waals surface area contributed by atoms with Crippen LogP contribution in [-0.2, 0) is 18.2 Å². The molecule has 0 spiro atoms. The zero-order valence-corrected chi connectivity index (χ0v) is 10.7. The number of aryl methyl sites for hydroxylation is 2. The second-order valence-electron chi connectivity index (χ2n) is 5.03. The van der Waals surface area contributed by atoms with Gasteiger partial charge in [-0.15, -0.1) is 0 Å². The third kappa shape index (κ3) is 3.07. The van der Waals surface area contributed by atoms with Gasteiger partial charge in [0, 0.05) is 38.9 Å².